The average Bonchev–Trinajstić information content (AvgIpc) is 2.63. The van der Waals surface area contributed by atoms with Crippen molar-refractivity contribution in [2.24, 2.45) is 0 Å². The lowest BCUT2D eigenvalue weighted by molar-refractivity contribution is -0.120. The fourth-order valence-electron chi connectivity index (χ4n) is 2.15. The van der Waals surface area contributed by atoms with E-state index in [1.165, 1.54) is 38.8 Å². The third kappa shape index (κ3) is 7.63. The highest BCUT2D eigenvalue weighted by Crippen LogP contribution is 2.08. The number of rotatable bonds is 8. The van der Waals surface area contributed by atoms with Crippen molar-refractivity contribution < 1.29 is 9.53 Å². The van der Waals surface area contributed by atoms with E-state index in [9.17, 15) is 4.79 Å². The Labute approximate surface area is 110 Å². The molecule has 1 aliphatic rings. The van der Waals surface area contributed by atoms with Crippen molar-refractivity contribution in [2.45, 2.75) is 25.7 Å². The van der Waals surface area contributed by atoms with Gasteiger partial charge in [0.05, 0.1) is 13.2 Å². The first kappa shape index (κ1) is 15.4. The van der Waals surface area contributed by atoms with Crippen molar-refractivity contribution in [2.75, 3.05) is 53.0 Å². The molecule has 1 heterocycles. The summed E-state index contributed by atoms with van der Waals surface area (Å²) in [6.07, 6.45) is 5.30. The molecule has 0 aromatic rings. The Balaban J connectivity index is 1.97. The molecule has 0 aliphatic carbocycles. The highest BCUT2D eigenvalue weighted by Gasteiger charge is 2.08. The van der Waals surface area contributed by atoms with Crippen LogP contribution in [0.4, 0.5) is 0 Å². The molecule has 1 saturated heterocycles. The topological polar surface area (TPSA) is 53.6 Å². The SMILES string of the molecule is COCCNCC(=O)NCCN1CCCCCC1. The number of ether oxygens (including phenoxy) is 1. The molecule has 1 rings (SSSR count). The van der Waals surface area contributed by atoms with Crippen LogP contribution in [-0.2, 0) is 9.53 Å². The molecule has 5 heteroatoms. The van der Waals surface area contributed by atoms with Crippen LogP contribution >= 0.6 is 0 Å². The molecule has 0 aromatic heterocycles. The van der Waals surface area contributed by atoms with Gasteiger partial charge in [-0.15, -0.1) is 0 Å². The lowest BCUT2D eigenvalue weighted by Gasteiger charge is -2.19. The molecule has 0 spiro atoms. The van der Waals surface area contributed by atoms with Gasteiger partial charge in [0.1, 0.15) is 0 Å². The summed E-state index contributed by atoms with van der Waals surface area (Å²) in [4.78, 5) is 13.9. The number of amides is 1. The quantitative estimate of drug-likeness (QED) is 0.611. The number of methoxy groups -OCH3 is 1. The fraction of sp³-hybridized carbons (Fsp3) is 0.923. The molecule has 0 radical (unpaired) electrons. The molecule has 0 bridgehead atoms. The van der Waals surface area contributed by atoms with Gasteiger partial charge in [0.25, 0.3) is 0 Å². The molecular formula is C13H27N3O2. The second-order valence-electron chi connectivity index (χ2n) is 4.78. The molecule has 0 saturated carbocycles. The monoisotopic (exact) mass is 257 g/mol. The first-order chi connectivity index (χ1) is 8.83. The zero-order chi connectivity index (χ0) is 13.1. The Morgan fingerprint density at radius 1 is 1.17 bits per heavy atom. The van der Waals surface area contributed by atoms with Crippen LogP contribution in [0.3, 0.4) is 0 Å². The van der Waals surface area contributed by atoms with E-state index in [1.807, 2.05) is 0 Å². The van der Waals surface area contributed by atoms with Crippen molar-refractivity contribution in [3.63, 3.8) is 0 Å². The minimum atomic E-state index is 0.0703. The third-order valence-electron chi connectivity index (χ3n) is 3.22. The maximum atomic E-state index is 11.5. The molecule has 18 heavy (non-hydrogen) atoms. The van der Waals surface area contributed by atoms with Crippen LogP contribution in [0.2, 0.25) is 0 Å². The van der Waals surface area contributed by atoms with Gasteiger partial charge in [-0.1, -0.05) is 12.8 Å². The van der Waals surface area contributed by atoms with E-state index in [4.69, 9.17) is 4.74 Å². The number of hydrogen-bond donors (Lipinski definition) is 2. The maximum Gasteiger partial charge on any atom is 0.234 e. The highest BCUT2D eigenvalue weighted by molar-refractivity contribution is 5.77. The van der Waals surface area contributed by atoms with Crippen LogP contribution in [0.1, 0.15) is 25.7 Å². The Hall–Kier alpha value is -0.650. The van der Waals surface area contributed by atoms with E-state index in [0.717, 1.165) is 19.6 Å². The van der Waals surface area contributed by atoms with Crippen molar-refractivity contribution in [3.05, 3.63) is 0 Å². The first-order valence-electron chi connectivity index (χ1n) is 7.01. The summed E-state index contributed by atoms with van der Waals surface area (Å²) < 4.78 is 4.90. The highest BCUT2D eigenvalue weighted by atomic mass is 16.5. The van der Waals surface area contributed by atoms with Gasteiger partial charge in [-0.2, -0.15) is 0 Å². The van der Waals surface area contributed by atoms with E-state index in [1.54, 1.807) is 7.11 Å². The smallest absolute Gasteiger partial charge is 0.234 e. The number of hydrogen-bond acceptors (Lipinski definition) is 4. The van der Waals surface area contributed by atoms with Crippen molar-refractivity contribution in [1.29, 1.82) is 0 Å². The van der Waals surface area contributed by atoms with Crippen LogP contribution < -0.4 is 10.6 Å². The summed E-state index contributed by atoms with van der Waals surface area (Å²) in [6, 6.07) is 0. The average molecular weight is 257 g/mol. The van der Waals surface area contributed by atoms with Crippen LogP contribution in [0.5, 0.6) is 0 Å². The minimum Gasteiger partial charge on any atom is -0.383 e. The summed E-state index contributed by atoms with van der Waals surface area (Å²) in [7, 11) is 1.66. The molecule has 0 atom stereocenters. The Bertz CT molecular complexity index is 216. The minimum absolute atomic E-state index is 0.0703. The zero-order valence-corrected chi connectivity index (χ0v) is 11.5. The normalized spacial score (nSPS) is 17.4. The maximum absolute atomic E-state index is 11.5. The fourth-order valence-corrected chi connectivity index (χ4v) is 2.15. The van der Waals surface area contributed by atoms with E-state index in [-0.39, 0.29) is 5.91 Å². The number of carbonyl (C=O) groups excluding carboxylic acids is 1. The summed E-state index contributed by atoms with van der Waals surface area (Å²) in [5.74, 6) is 0.0703. The van der Waals surface area contributed by atoms with Crippen LogP contribution in [-0.4, -0.2) is 63.8 Å². The molecule has 106 valence electrons. The standard InChI is InChI=1S/C13H27N3O2/c1-18-11-7-14-12-13(17)15-6-10-16-8-4-2-3-5-9-16/h14H,2-12H2,1H3,(H,15,17). The van der Waals surface area contributed by atoms with Crippen molar-refractivity contribution in [3.8, 4) is 0 Å². The van der Waals surface area contributed by atoms with Crippen LogP contribution in [0, 0.1) is 0 Å². The molecule has 2 N–H and O–H groups in total. The summed E-state index contributed by atoms with van der Waals surface area (Å²) in [6.45, 7) is 5.83. The number of likely N-dealkylation sites (tertiary alicyclic amines) is 1. The predicted molar refractivity (Wildman–Crippen MR) is 72.7 cm³/mol. The molecule has 1 aliphatic heterocycles. The van der Waals surface area contributed by atoms with Gasteiger partial charge >= 0.3 is 0 Å². The molecule has 1 fully saturated rings. The largest absolute Gasteiger partial charge is 0.383 e. The molecule has 0 aromatic carbocycles. The Kier molecular flexibility index (Phi) is 8.81. The summed E-state index contributed by atoms with van der Waals surface area (Å²) in [5.41, 5.74) is 0. The van der Waals surface area contributed by atoms with Gasteiger partial charge in [0.2, 0.25) is 5.91 Å². The van der Waals surface area contributed by atoms with Gasteiger partial charge in [-0.3, -0.25) is 4.79 Å². The zero-order valence-electron chi connectivity index (χ0n) is 11.5. The summed E-state index contributed by atoms with van der Waals surface area (Å²) in [5, 5.41) is 5.98. The van der Waals surface area contributed by atoms with E-state index in [2.05, 4.69) is 15.5 Å². The molecular weight excluding hydrogens is 230 g/mol. The van der Waals surface area contributed by atoms with Gasteiger partial charge < -0.3 is 20.3 Å². The van der Waals surface area contributed by atoms with Crippen molar-refractivity contribution >= 4 is 5.91 Å². The lowest BCUT2D eigenvalue weighted by Crippen LogP contribution is -2.39. The van der Waals surface area contributed by atoms with E-state index >= 15 is 0 Å². The second-order valence-corrected chi connectivity index (χ2v) is 4.78. The van der Waals surface area contributed by atoms with Crippen LogP contribution in [0.25, 0.3) is 0 Å². The molecule has 0 unspecified atom stereocenters. The van der Waals surface area contributed by atoms with E-state index in [0.29, 0.717) is 13.2 Å². The van der Waals surface area contributed by atoms with Gasteiger partial charge in [0, 0.05) is 26.7 Å². The first-order valence-corrected chi connectivity index (χ1v) is 7.01. The Morgan fingerprint density at radius 3 is 2.56 bits per heavy atom. The van der Waals surface area contributed by atoms with Gasteiger partial charge in [-0.05, 0) is 25.9 Å². The molecule has 5 nitrogen and oxygen atoms in total. The van der Waals surface area contributed by atoms with Gasteiger partial charge in [0.15, 0.2) is 0 Å². The summed E-state index contributed by atoms with van der Waals surface area (Å²) >= 11 is 0. The third-order valence-corrected chi connectivity index (χ3v) is 3.22. The molecule has 1 amide bonds. The lowest BCUT2D eigenvalue weighted by atomic mass is 10.2. The second kappa shape index (κ2) is 10.3. The number of nitrogens with zero attached hydrogens (tertiary/aromatic N) is 1. The Morgan fingerprint density at radius 2 is 1.89 bits per heavy atom. The van der Waals surface area contributed by atoms with Crippen LogP contribution in [0.15, 0.2) is 0 Å². The van der Waals surface area contributed by atoms with E-state index < -0.39 is 0 Å². The predicted octanol–water partition coefficient (Wildman–Crippen LogP) is 0.215. The van der Waals surface area contributed by atoms with Crippen molar-refractivity contribution in [1.82, 2.24) is 15.5 Å². The number of nitrogens with one attached hydrogen (secondary N) is 2. The van der Waals surface area contributed by atoms with Gasteiger partial charge in [-0.25, -0.2) is 0 Å². The number of carbonyl (C=O) groups is 1.